The van der Waals surface area contributed by atoms with Crippen molar-refractivity contribution < 1.29 is 0 Å². The number of nitriles is 1. The zero-order valence-corrected chi connectivity index (χ0v) is 6.22. The van der Waals surface area contributed by atoms with Gasteiger partial charge in [-0.25, -0.2) is 4.98 Å². The average molecular weight is 170 g/mol. The molecule has 0 saturated heterocycles. The Bertz CT molecular complexity index is 352. The van der Waals surface area contributed by atoms with Crippen LogP contribution in [0.4, 0.5) is 0 Å². The number of aromatic nitrogens is 2. The minimum Gasteiger partial charge on any atom is -0.312 e. The summed E-state index contributed by atoms with van der Waals surface area (Å²) in [7, 11) is 0. The SMILES string of the molecule is N#CCc1nc[nH]c(=O)c1Cl. The minimum absolute atomic E-state index is 0.00551. The highest BCUT2D eigenvalue weighted by atomic mass is 35.5. The third-order valence-corrected chi connectivity index (χ3v) is 1.51. The molecular formula is C6H4ClN3O. The van der Waals surface area contributed by atoms with Gasteiger partial charge in [0.05, 0.1) is 24.5 Å². The first-order valence-electron chi connectivity index (χ1n) is 2.84. The van der Waals surface area contributed by atoms with E-state index in [2.05, 4.69) is 9.97 Å². The molecule has 1 aromatic rings. The fraction of sp³-hybridized carbons (Fsp3) is 0.167. The summed E-state index contributed by atoms with van der Waals surface area (Å²) in [5.41, 5.74) is -0.0927. The Hall–Kier alpha value is -1.34. The molecule has 5 heteroatoms. The van der Waals surface area contributed by atoms with E-state index in [1.165, 1.54) is 6.33 Å². The summed E-state index contributed by atoms with van der Waals surface area (Å²) in [6, 6.07) is 1.85. The number of nitrogens with one attached hydrogen (secondary N) is 1. The normalized spacial score (nSPS) is 9.09. The summed E-state index contributed by atoms with van der Waals surface area (Å²) >= 11 is 5.51. The molecule has 4 nitrogen and oxygen atoms in total. The van der Waals surface area contributed by atoms with Crippen LogP contribution in [0.2, 0.25) is 5.02 Å². The number of H-pyrrole nitrogens is 1. The molecule has 0 aliphatic rings. The van der Waals surface area contributed by atoms with Crippen LogP contribution in [0.25, 0.3) is 0 Å². The van der Waals surface area contributed by atoms with E-state index in [0.717, 1.165) is 0 Å². The van der Waals surface area contributed by atoms with Gasteiger partial charge in [-0.3, -0.25) is 4.79 Å². The summed E-state index contributed by atoms with van der Waals surface area (Å²) < 4.78 is 0. The summed E-state index contributed by atoms with van der Waals surface area (Å²) in [5, 5.41) is 8.27. The summed E-state index contributed by atoms with van der Waals surface area (Å²) in [6.07, 6.45) is 1.28. The van der Waals surface area contributed by atoms with Crippen molar-refractivity contribution in [3.8, 4) is 6.07 Å². The lowest BCUT2D eigenvalue weighted by Crippen LogP contribution is -2.09. The molecule has 0 bridgehead atoms. The first-order chi connectivity index (χ1) is 5.25. The Kier molecular flexibility index (Phi) is 2.24. The fourth-order valence-electron chi connectivity index (χ4n) is 0.618. The second-order valence-corrected chi connectivity index (χ2v) is 2.21. The Morgan fingerprint density at radius 1 is 1.82 bits per heavy atom. The van der Waals surface area contributed by atoms with Gasteiger partial charge in [-0.2, -0.15) is 5.26 Å². The first-order valence-corrected chi connectivity index (χ1v) is 3.22. The van der Waals surface area contributed by atoms with Crippen LogP contribution >= 0.6 is 11.6 Å². The minimum atomic E-state index is -0.410. The van der Waals surface area contributed by atoms with E-state index in [4.69, 9.17) is 16.9 Å². The maximum atomic E-state index is 10.8. The predicted molar refractivity (Wildman–Crippen MR) is 39.2 cm³/mol. The third kappa shape index (κ3) is 1.57. The van der Waals surface area contributed by atoms with Crippen molar-refractivity contribution in [1.82, 2.24) is 9.97 Å². The van der Waals surface area contributed by atoms with Crippen molar-refractivity contribution in [1.29, 1.82) is 5.26 Å². The quantitative estimate of drug-likeness (QED) is 0.665. The number of aromatic amines is 1. The maximum absolute atomic E-state index is 10.8. The molecule has 0 saturated carbocycles. The molecule has 0 radical (unpaired) electrons. The maximum Gasteiger partial charge on any atom is 0.269 e. The van der Waals surface area contributed by atoms with E-state index >= 15 is 0 Å². The third-order valence-electron chi connectivity index (χ3n) is 1.12. The van der Waals surface area contributed by atoms with Crippen LogP contribution in [0.5, 0.6) is 0 Å². The van der Waals surface area contributed by atoms with Gasteiger partial charge in [-0.1, -0.05) is 11.6 Å². The van der Waals surface area contributed by atoms with Crippen molar-refractivity contribution in [3.05, 3.63) is 27.4 Å². The van der Waals surface area contributed by atoms with Gasteiger partial charge >= 0.3 is 0 Å². The Morgan fingerprint density at radius 3 is 3.18 bits per heavy atom. The molecule has 0 unspecified atom stereocenters. The van der Waals surface area contributed by atoms with Gasteiger partial charge in [-0.15, -0.1) is 0 Å². The van der Waals surface area contributed by atoms with Crippen molar-refractivity contribution in [3.63, 3.8) is 0 Å². The van der Waals surface area contributed by atoms with E-state index in [1.807, 2.05) is 6.07 Å². The monoisotopic (exact) mass is 169 g/mol. The number of nitrogens with zero attached hydrogens (tertiary/aromatic N) is 2. The second-order valence-electron chi connectivity index (χ2n) is 1.83. The van der Waals surface area contributed by atoms with Gasteiger partial charge < -0.3 is 4.98 Å². The molecule has 0 fully saturated rings. The van der Waals surface area contributed by atoms with E-state index in [9.17, 15) is 4.79 Å². The van der Waals surface area contributed by atoms with Gasteiger partial charge in [0.25, 0.3) is 5.56 Å². The fourth-order valence-corrected chi connectivity index (χ4v) is 0.788. The van der Waals surface area contributed by atoms with Crippen molar-refractivity contribution in [2.24, 2.45) is 0 Å². The highest BCUT2D eigenvalue weighted by Crippen LogP contribution is 2.05. The lowest BCUT2D eigenvalue weighted by Gasteiger charge is -1.93. The van der Waals surface area contributed by atoms with Gasteiger partial charge in [0.15, 0.2) is 0 Å². The van der Waals surface area contributed by atoms with Crippen LogP contribution in [0.15, 0.2) is 11.1 Å². The van der Waals surface area contributed by atoms with Gasteiger partial charge in [0.1, 0.15) is 5.02 Å². The van der Waals surface area contributed by atoms with Crippen LogP contribution in [0.1, 0.15) is 5.69 Å². The zero-order valence-electron chi connectivity index (χ0n) is 5.47. The molecule has 56 valence electrons. The molecule has 0 amide bonds. The first kappa shape index (κ1) is 7.76. The van der Waals surface area contributed by atoms with Crippen molar-refractivity contribution >= 4 is 11.6 Å². The molecule has 1 aromatic heterocycles. The molecule has 0 aliphatic carbocycles. The second kappa shape index (κ2) is 3.17. The summed E-state index contributed by atoms with van der Waals surface area (Å²) in [4.78, 5) is 16.8. The van der Waals surface area contributed by atoms with Crippen LogP contribution in [-0.4, -0.2) is 9.97 Å². The van der Waals surface area contributed by atoms with E-state index < -0.39 is 5.56 Å². The molecule has 1 N–H and O–H groups in total. The van der Waals surface area contributed by atoms with Crippen LogP contribution in [0, 0.1) is 11.3 Å². The lowest BCUT2D eigenvalue weighted by molar-refractivity contribution is 1.03. The molecular weight excluding hydrogens is 166 g/mol. The number of hydrogen-bond acceptors (Lipinski definition) is 3. The summed E-state index contributed by atoms with van der Waals surface area (Å²) in [6.45, 7) is 0. The van der Waals surface area contributed by atoms with E-state index in [1.54, 1.807) is 0 Å². The smallest absolute Gasteiger partial charge is 0.269 e. The van der Waals surface area contributed by atoms with Crippen LogP contribution in [0.3, 0.4) is 0 Å². The Balaban J connectivity index is 3.19. The predicted octanol–water partition coefficient (Wildman–Crippen LogP) is 0.489. The zero-order chi connectivity index (χ0) is 8.27. The topological polar surface area (TPSA) is 69.5 Å². The molecule has 0 spiro atoms. The highest BCUT2D eigenvalue weighted by molar-refractivity contribution is 6.31. The summed E-state index contributed by atoms with van der Waals surface area (Å²) in [5.74, 6) is 0. The van der Waals surface area contributed by atoms with Crippen molar-refractivity contribution in [2.45, 2.75) is 6.42 Å². The molecule has 0 aliphatic heterocycles. The van der Waals surface area contributed by atoms with Crippen molar-refractivity contribution in [2.75, 3.05) is 0 Å². The van der Waals surface area contributed by atoms with E-state index in [0.29, 0.717) is 5.69 Å². The molecule has 1 heterocycles. The Labute approximate surface area is 67.5 Å². The molecule has 1 rings (SSSR count). The number of hydrogen-bond donors (Lipinski definition) is 1. The highest BCUT2D eigenvalue weighted by Gasteiger charge is 2.03. The lowest BCUT2D eigenvalue weighted by atomic mass is 10.3. The Morgan fingerprint density at radius 2 is 2.55 bits per heavy atom. The largest absolute Gasteiger partial charge is 0.312 e. The molecule has 11 heavy (non-hydrogen) atoms. The number of rotatable bonds is 1. The van der Waals surface area contributed by atoms with Crippen LogP contribution in [-0.2, 0) is 6.42 Å². The average Bonchev–Trinajstić information content (AvgIpc) is 1.99. The standard InChI is InChI=1S/C6H4ClN3O/c7-5-4(1-2-8)9-3-10-6(5)11/h3H,1H2,(H,9,10,11). The molecule has 0 aromatic carbocycles. The van der Waals surface area contributed by atoms with Gasteiger partial charge in [0.2, 0.25) is 0 Å². The number of halogens is 1. The van der Waals surface area contributed by atoms with E-state index in [-0.39, 0.29) is 11.4 Å². The van der Waals surface area contributed by atoms with Gasteiger partial charge in [0, 0.05) is 0 Å². The van der Waals surface area contributed by atoms with Crippen LogP contribution < -0.4 is 5.56 Å². The molecule has 0 atom stereocenters. The van der Waals surface area contributed by atoms with Gasteiger partial charge in [-0.05, 0) is 0 Å².